The zero-order chi connectivity index (χ0) is 24.9. The van der Waals surface area contributed by atoms with E-state index in [1.807, 2.05) is 11.9 Å². The van der Waals surface area contributed by atoms with Crippen molar-refractivity contribution in [1.29, 1.82) is 0 Å². The third-order valence-electron chi connectivity index (χ3n) is 9.15. The molecule has 0 saturated carbocycles. The van der Waals surface area contributed by atoms with Crippen molar-refractivity contribution in [3.63, 3.8) is 0 Å². The summed E-state index contributed by atoms with van der Waals surface area (Å²) in [5.41, 5.74) is 2.29. The molecule has 36 heavy (non-hydrogen) atoms. The van der Waals surface area contributed by atoms with E-state index in [9.17, 15) is 9.90 Å². The van der Waals surface area contributed by atoms with Crippen LogP contribution in [-0.2, 0) is 4.79 Å². The molecule has 6 unspecified atom stereocenters. The molecular weight excluding hydrogens is 454 g/mol. The number of hydrogen-bond donors (Lipinski definition) is 5. The van der Waals surface area contributed by atoms with Gasteiger partial charge in [0, 0.05) is 31.7 Å². The maximum atomic E-state index is 13.5. The number of allylic oxidation sites excluding steroid dienone is 2. The molecule has 3 saturated heterocycles. The number of carbonyl (C=O) groups excluding carboxylic acids is 1. The van der Waals surface area contributed by atoms with Crippen LogP contribution in [0.2, 0.25) is 0 Å². The smallest absolute Gasteiger partial charge is 0.244 e. The number of hydrazine groups is 1. The summed E-state index contributed by atoms with van der Waals surface area (Å²) in [5.74, 6) is 0.0425. The van der Waals surface area contributed by atoms with Crippen LogP contribution in [0, 0.1) is 5.92 Å². The lowest BCUT2D eigenvalue weighted by Gasteiger charge is -2.47. The Balaban J connectivity index is 1.18. The topological polar surface area (TPSA) is 95.1 Å². The van der Waals surface area contributed by atoms with Gasteiger partial charge in [0.15, 0.2) is 0 Å². The van der Waals surface area contributed by atoms with Gasteiger partial charge in [-0.25, -0.2) is 0 Å². The molecule has 9 heteroatoms. The first-order valence-corrected chi connectivity index (χ1v) is 14.0. The van der Waals surface area contributed by atoms with Gasteiger partial charge in [-0.1, -0.05) is 29.9 Å². The van der Waals surface area contributed by atoms with Crippen LogP contribution in [0.5, 0.6) is 0 Å². The fourth-order valence-corrected chi connectivity index (χ4v) is 7.04. The molecule has 5 aliphatic heterocycles. The Morgan fingerprint density at radius 3 is 3.00 bits per heavy atom. The van der Waals surface area contributed by atoms with E-state index in [1.54, 1.807) is 5.57 Å². The Kier molecular flexibility index (Phi) is 6.83. The van der Waals surface area contributed by atoms with E-state index in [1.165, 1.54) is 5.57 Å². The van der Waals surface area contributed by atoms with Gasteiger partial charge in [-0.3, -0.25) is 31.1 Å². The lowest BCUT2D eigenvalue weighted by Crippen LogP contribution is -2.71. The van der Waals surface area contributed by atoms with Crippen molar-refractivity contribution >= 4 is 5.91 Å². The van der Waals surface area contributed by atoms with E-state index >= 15 is 0 Å². The van der Waals surface area contributed by atoms with E-state index in [0.29, 0.717) is 13.1 Å². The first-order valence-electron chi connectivity index (χ1n) is 14.0. The van der Waals surface area contributed by atoms with Gasteiger partial charge >= 0.3 is 0 Å². The summed E-state index contributed by atoms with van der Waals surface area (Å²) >= 11 is 0. The van der Waals surface area contributed by atoms with Crippen LogP contribution in [-0.4, -0.2) is 95.5 Å². The third-order valence-corrected chi connectivity index (χ3v) is 9.15. The predicted octanol–water partition coefficient (Wildman–Crippen LogP) is 0.584. The minimum atomic E-state index is -0.763. The number of rotatable bonds is 2. The monoisotopic (exact) mass is 497 g/mol. The lowest BCUT2D eigenvalue weighted by atomic mass is 9.85. The van der Waals surface area contributed by atoms with Gasteiger partial charge in [-0.05, 0) is 64.5 Å². The summed E-state index contributed by atoms with van der Waals surface area (Å²) in [5, 5.41) is 30.2. The average Bonchev–Trinajstić information content (AvgIpc) is 3.13. The zero-order valence-corrected chi connectivity index (χ0v) is 21.7. The Bertz CT molecular complexity index is 946. The number of fused-ring (bicyclic) bond motifs is 6. The summed E-state index contributed by atoms with van der Waals surface area (Å²) in [6.07, 6.45) is 15.4. The van der Waals surface area contributed by atoms with Crippen LogP contribution in [0.25, 0.3) is 0 Å². The van der Waals surface area contributed by atoms with Gasteiger partial charge in [0.2, 0.25) is 5.91 Å². The molecule has 7 atom stereocenters. The standard InChI is InChI=1S/C27H43N7O2/c1-27(36)12-4-3-5-13-33-25(35)21-16-28-26(31-24(21)34(33)23-8-6-7-22(27)30-23)29-20-10-9-18-11-14-32(2)17-19(18)15-20/h3,5,9-10,20-24,26,28-31,36H,4,6-8,11-17H2,1-2H3/b5-3-/t20?,21?,22?,23?,24?,26?,27-/m0/s1. The van der Waals surface area contributed by atoms with Crippen LogP contribution in [0.4, 0.5) is 0 Å². The van der Waals surface area contributed by atoms with Gasteiger partial charge < -0.3 is 10.0 Å². The van der Waals surface area contributed by atoms with Crippen molar-refractivity contribution in [1.82, 2.24) is 36.2 Å². The fraction of sp³-hybridized carbons (Fsp3) is 0.741. The minimum absolute atomic E-state index is 0.0204. The second-order valence-electron chi connectivity index (χ2n) is 11.8. The van der Waals surface area contributed by atoms with E-state index in [0.717, 1.165) is 58.0 Å². The lowest BCUT2D eigenvalue weighted by molar-refractivity contribution is -0.146. The molecule has 1 aliphatic carbocycles. The highest BCUT2D eigenvalue weighted by molar-refractivity contribution is 5.81. The molecule has 0 aromatic rings. The molecule has 0 aromatic heterocycles. The van der Waals surface area contributed by atoms with Gasteiger partial charge in [0.25, 0.3) is 0 Å². The molecule has 198 valence electrons. The van der Waals surface area contributed by atoms with Crippen molar-refractivity contribution in [2.75, 3.05) is 33.2 Å². The summed E-state index contributed by atoms with van der Waals surface area (Å²) in [4.78, 5) is 16.0. The SMILES string of the molecule is CN1CCC2=C(CC(NC3NCC4C(=O)N5C/C=C\CC[C@](C)(O)C6CCCC(N6)N5C4N3)C=C2)C1. The molecule has 9 nitrogen and oxygen atoms in total. The third kappa shape index (κ3) is 4.71. The molecule has 5 N–H and O–H groups in total. The Morgan fingerprint density at radius 2 is 2.11 bits per heavy atom. The summed E-state index contributed by atoms with van der Waals surface area (Å²) in [6.45, 7) is 5.37. The number of hydrogen-bond acceptors (Lipinski definition) is 8. The molecule has 0 aromatic carbocycles. The molecule has 1 amide bonds. The number of likely N-dealkylation sites (N-methyl/N-ethyl adjacent to an activating group) is 1. The molecule has 6 rings (SSSR count). The van der Waals surface area contributed by atoms with Gasteiger partial charge in [-0.2, -0.15) is 5.01 Å². The minimum Gasteiger partial charge on any atom is -0.389 e. The number of aliphatic hydroxyl groups is 1. The van der Waals surface area contributed by atoms with Gasteiger partial charge in [0.05, 0.1) is 30.4 Å². The van der Waals surface area contributed by atoms with E-state index in [-0.39, 0.29) is 42.5 Å². The molecule has 0 spiro atoms. The zero-order valence-electron chi connectivity index (χ0n) is 21.7. The first kappa shape index (κ1) is 24.7. The number of piperidine rings is 1. The highest BCUT2D eigenvalue weighted by atomic mass is 16.3. The summed E-state index contributed by atoms with van der Waals surface area (Å²) in [7, 11) is 2.20. The van der Waals surface area contributed by atoms with Crippen LogP contribution in [0.3, 0.4) is 0 Å². The molecule has 0 radical (unpaired) electrons. The van der Waals surface area contributed by atoms with Crippen molar-refractivity contribution < 1.29 is 9.90 Å². The largest absolute Gasteiger partial charge is 0.389 e. The fourth-order valence-electron chi connectivity index (χ4n) is 7.04. The molecule has 2 bridgehead atoms. The van der Waals surface area contributed by atoms with E-state index < -0.39 is 5.60 Å². The Hall–Kier alpha value is -1.59. The Labute approximate surface area is 215 Å². The van der Waals surface area contributed by atoms with E-state index in [2.05, 4.69) is 62.5 Å². The number of nitrogens with one attached hydrogen (secondary N) is 4. The van der Waals surface area contributed by atoms with Gasteiger partial charge in [0.1, 0.15) is 6.29 Å². The van der Waals surface area contributed by atoms with Crippen molar-refractivity contribution in [3.8, 4) is 0 Å². The molecule has 6 aliphatic rings. The second kappa shape index (κ2) is 9.94. The van der Waals surface area contributed by atoms with Crippen LogP contribution in [0.1, 0.15) is 51.9 Å². The van der Waals surface area contributed by atoms with Crippen molar-refractivity contribution in [2.45, 2.75) is 88.2 Å². The van der Waals surface area contributed by atoms with E-state index in [4.69, 9.17) is 0 Å². The van der Waals surface area contributed by atoms with Crippen LogP contribution < -0.4 is 21.3 Å². The van der Waals surface area contributed by atoms with Crippen LogP contribution >= 0.6 is 0 Å². The molecular formula is C27H43N7O2. The summed E-state index contributed by atoms with van der Waals surface area (Å²) < 4.78 is 0. The first-order chi connectivity index (χ1) is 17.4. The average molecular weight is 498 g/mol. The van der Waals surface area contributed by atoms with Gasteiger partial charge in [-0.15, -0.1) is 0 Å². The normalized spacial score (nSPS) is 43.0. The predicted molar refractivity (Wildman–Crippen MR) is 139 cm³/mol. The van der Waals surface area contributed by atoms with Crippen molar-refractivity contribution in [2.24, 2.45) is 5.92 Å². The van der Waals surface area contributed by atoms with Crippen molar-refractivity contribution in [3.05, 3.63) is 35.5 Å². The molecule has 5 heterocycles. The number of nitrogens with zero attached hydrogens (tertiary/aromatic N) is 3. The quantitative estimate of drug-likeness (QED) is 0.354. The number of carbonyl (C=O) groups is 1. The maximum Gasteiger partial charge on any atom is 0.244 e. The second-order valence-corrected chi connectivity index (χ2v) is 11.8. The highest BCUT2D eigenvalue weighted by Crippen LogP contribution is 2.34. The van der Waals surface area contributed by atoms with Crippen LogP contribution in [0.15, 0.2) is 35.5 Å². The number of amides is 1. The molecule has 3 fully saturated rings. The highest BCUT2D eigenvalue weighted by Gasteiger charge is 2.52. The Morgan fingerprint density at radius 1 is 1.22 bits per heavy atom. The summed E-state index contributed by atoms with van der Waals surface area (Å²) in [6, 6.07) is 0.292. The maximum absolute atomic E-state index is 13.5.